The molecule has 0 spiro atoms. The standard InChI is InChI=1S/C9H16O3/c1-3-9-7(4-5-12-9)8(10)6-11-2/h7,9H,3-6H2,1-2H3. The zero-order valence-corrected chi connectivity index (χ0v) is 7.71. The fourth-order valence-corrected chi connectivity index (χ4v) is 1.67. The van der Waals surface area contributed by atoms with E-state index in [1.807, 2.05) is 6.92 Å². The van der Waals surface area contributed by atoms with Crippen LogP contribution in [0, 0.1) is 5.92 Å². The molecule has 3 nitrogen and oxygen atoms in total. The van der Waals surface area contributed by atoms with Gasteiger partial charge in [-0.05, 0) is 12.8 Å². The number of hydrogen-bond donors (Lipinski definition) is 0. The first-order valence-corrected chi connectivity index (χ1v) is 4.42. The monoisotopic (exact) mass is 172 g/mol. The third kappa shape index (κ3) is 2.05. The normalized spacial score (nSPS) is 29.2. The van der Waals surface area contributed by atoms with Crippen molar-refractivity contribution in [3.63, 3.8) is 0 Å². The van der Waals surface area contributed by atoms with Gasteiger partial charge in [0.1, 0.15) is 6.61 Å². The van der Waals surface area contributed by atoms with E-state index >= 15 is 0 Å². The van der Waals surface area contributed by atoms with Gasteiger partial charge >= 0.3 is 0 Å². The molecule has 0 N–H and O–H groups in total. The van der Waals surface area contributed by atoms with Crippen LogP contribution in [-0.4, -0.2) is 32.2 Å². The maximum Gasteiger partial charge on any atom is 0.164 e. The Morgan fingerprint density at radius 1 is 1.67 bits per heavy atom. The summed E-state index contributed by atoms with van der Waals surface area (Å²) in [5.41, 5.74) is 0. The van der Waals surface area contributed by atoms with E-state index in [0.29, 0.717) is 0 Å². The molecule has 12 heavy (non-hydrogen) atoms. The number of carbonyl (C=O) groups excluding carboxylic acids is 1. The molecule has 0 bridgehead atoms. The molecule has 1 aliphatic heterocycles. The Labute approximate surface area is 73.0 Å². The van der Waals surface area contributed by atoms with Crippen LogP contribution < -0.4 is 0 Å². The molecule has 70 valence electrons. The molecule has 1 heterocycles. The van der Waals surface area contributed by atoms with E-state index in [1.165, 1.54) is 0 Å². The Morgan fingerprint density at radius 3 is 3.00 bits per heavy atom. The fraction of sp³-hybridized carbons (Fsp3) is 0.889. The predicted octanol–water partition coefficient (Wildman–Crippen LogP) is 1.02. The van der Waals surface area contributed by atoms with Crippen molar-refractivity contribution < 1.29 is 14.3 Å². The van der Waals surface area contributed by atoms with E-state index in [1.54, 1.807) is 7.11 Å². The number of methoxy groups -OCH3 is 1. The Morgan fingerprint density at radius 2 is 2.42 bits per heavy atom. The summed E-state index contributed by atoms with van der Waals surface area (Å²) < 4.78 is 10.2. The molecule has 1 fully saturated rings. The van der Waals surface area contributed by atoms with Crippen molar-refractivity contribution in [2.75, 3.05) is 20.3 Å². The molecule has 0 aromatic rings. The lowest BCUT2D eigenvalue weighted by Gasteiger charge is -2.14. The molecule has 1 aliphatic rings. The average Bonchev–Trinajstić information content (AvgIpc) is 2.51. The summed E-state index contributed by atoms with van der Waals surface area (Å²) in [6.07, 6.45) is 1.91. The minimum absolute atomic E-state index is 0.0787. The molecule has 0 saturated carbocycles. The molecule has 1 rings (SSSR count). The number of ketones is 1. The third-order valence-corrected chi connectivity index (χ3v) is 2.31. The smallest absolute Gasteiger partial charge is 0.164 e. The van der Waals surface area contributed by atoms with Gasteiger partial charge in [0.25, 0.3) is 0 Å². The number of ether oxygens (including phenoxy) is 2. The van der Waals surface area contributed by atoms with Crippen LogP contribution in [0.2, 0.25) is 0 Å². The van der Waals surface area contributed by atoms with E-state index in [4.69, 9.17) is 9.47 Å². The highest BCUT2D eigenvalue weighted by atomic mass is 16.5. The Kier molecular flexibility index (Phi) is 3.69. The van der Waals surface area contributed by atoms with Crippen molar-refractivity contribution in [1.29, 1.82) is 0 Å². The van der Waals surface area contributed by atoms with Crippen LogP contribution in [0.15, 0.2) is 0 Å². The number of Topliss-reactive ketones (excluding diaryl/α,β-unsaturated/α-hetero) is 1. The highest BCUT2D eigenvalue weighted by Crippen LogP contribution is 2.23. The van der Waals surface area contributed by atoms with Crippen molar-refractivity contribution in [2.24, 2.45) is 5.92 Å². The Hall–Kier alpha value is -0.410. The minimum Gasteiger partial charge on any atom is -0.377 e. The van der Waals surface area contributed by atoms with Gasteiger partial charge in [-0.3, -0.25) is 4.79 Å². The van der Waals surface area contributed by atoms with Gasteiger partial charge in [0.2, 0.25) is 0 Å². The molecule has 0 amide bonds. The van der Waals surface area contributed by atoms with E-state index < -0.39 is 0 Å². The first-order valence-electron chi connectivity index (χ1n) is 4.42. The predicted molar refractivity (Wildman–Crippen MR) is 45.0 cm³/mol. The van der Waals surface area contributed by atoms with Crippen LogP contribution in [0.4, 0.5) is 0 Å². The van der Waals surface area contributed by atoms with E-state index in [-0.39, 0.29) is 24.4 Å². The second kappa shape index (κ2) is 4.58. The maximum absolute atomic E-state index is 11.4. The average molecular weight is 172 g/mol. The molecule has 3 heteroatoms. The lowest BCUT2D eigenvalue weighted by Crippen LogP contribution is -2.26. The largest absolute Gasteiger partial charge is 0.377 e. The van der Waals surface area contributed by atoms with Gasteiger partial charge in [0.15, 0.2) is 5.78 Å². The summed E-state index contributed by atoms with van der Waals surface area (Å²) in [6.45, 7) is 2.99. The van der Waals surface area contributed by atoms with Gasteiger partial charge in [0, 0.05) is 19.6 Å². The third-order valence-electron chi connectivity index (χ3n) is 2.31. The Bertz CT molecular complexity index is 156. The topological polar surface area (TPSA) is 35.5 Å². The molecule has 1 saturated heterocycles. The van der Waals surface area contributed by atoms with Gasteiger partial charge < -0.3 is 9.47 Å². The van der Waals surface area contributed by atoms with Crippen molar-refractivity contribution >= 4 is 5.78 Å². The molecule has 2 unspecified atom stereocenters. The molecule has 0 radical (unpaired) electrons. The lowest BCUT2D eigenvalue weighted by molar-refractivity contribution is -0.128. The van der Waals surface area contributed by atoms with Crippen molar-refractivity contribution in [3.05, 3.63) is 0 Å². The first-order chi connectivity index (χ1) is 5.79. The fourth-order valence-electron chi connectivity index (χ4n) is 1.67. The SMILES string of the molecule is CCC1OCCC1C(=O)COC. The number of hydrogen-bond acceptors (Lipinski definition) is 3. The second-order valence-electron chi connectivity index (χ2n) is 3.11. The number of carbonyl (C=O) groups is 1. The Balaban J connectivity index is 2.43. The van der Waals surface area contributed by atoms with Crippen molar-refractivity contribution in [3.8, 4) is 0 Å². The van der Waals surface area contributed by atoms with Crippen LogP contribution >= 0.6 is 0 Å². The van der Waals surface area contributed by atoms with Crippen LogP contribution in [0.5, 0.6) is 0 Å². The van der Waals surface area contributed by atoms with Crippen molar-refractivity contribution in [2.45, 2.75) is 25.9 Å². The summed E-state index contributed by atoms with van der Waals surface area (Å²) in [6, 6.07) is 0. The van der Waals surface area contributed by atoms with Gasteiger partial charge in [-0.25, -0.2) is 0 Å². The zero-order valence-electron chi connectivity index (χ0n) is 7.71. The summed E-state index contributed by atoms with van der Waals surface area (Å²) in [5.74, 6) is 0.261. The molecular weight excluding hydrogens is 156 g/mol. The summed E-state index contributed by atoms with van der Waals surface area (Å²) in [5, 5.41) is 0. The van der Waals surface area contributed by atoms with Crippen LogP contribution in [0.1, 0.15) is 19.8 Å². The minimum atomic E-state index is 0.0787. The molecule has 0 aliphatic carbocycles. The van der Waals surface area contributed by atoms with Crippen molar-refractivity contribution in [1.82, 2.24) is 0 Å². The van der Waals surface area contributed by atoms with Gasteiger partial charge in [-0.2, -0.15) is 0 Å². The van der Waals surface area contributed by atoms with Gasteiger partial charge in [-0.1, -0.05) is 6.92 Å². The van der Waals surface area contributed by atoms with Gasteiger partial charge in [-0.15, -0.1) is 0 Å². The van der Waals surface area contributed by atoms with E-state index in [9.17, 15) is 4.79 Å². The molecule has 0 aromatic carbocycles. The first kappa shape index (κ1) is 9.68. The number of rotatable bonds is 4. The van der Waals surface area contributed by atoms with E-state index in [2.05, 4.69) is 0 Å². The summed E-state index contributed by atoms with van der Waals surface area (Å²) in [4.78, 5) is 11.4. The van der Waals surface area contributed by atoms with Crippen LogP contribution in [0.3, 0.4) is 0 Å². The quantitative estimate of drug-likeness (QED) is 0.635. The van der Waals surface area contributed by atoms with Crippen LogP contribution in [0.25, 0.3) is 0 Å². The highest BCUT2D eigenvalue weighted by Gasteiger charge is 2.31. The summed E-state index contributed by atoms with van der Waals surface area (Å²) >= 11 is 0. The second-order valence-corrected chi connectivity index (χ2v) is 3.11. The zero-order chi connectivity index (χ0) is 8.97. The summed E-state index contributed by atoms with van der Waals surface area (Å²) in [7, 11) is 1.55. The maximum atomic E-state index is 11.4. The molecular formula is C9H16O3. The lowest BCUT2D eigenvalue weighted by atomic mass is 9.95. The van der Waals surface area contributed by atoms with Crippen LogP contribution in [-0.2, 0) is 14.3 Å². The molecule has 2 atom stereocenters. The van der Waals surface area contributed by atoms with E-state index in [0.717, 1.165) is 19.4 Å². The highest BCUT2D eigenvalue weighted by molar-refractivity contribution is 5.83. The molecule has 0 aromatic heterocycles. The van der Waals surface area contributed by atoms with Gasteiger partial charge in [0.05, 0.1) is 6.10 Å².